The average Bonchev–Trinajstić information content (AvgIpc) is 2.44. The number of hydrogen-bond acceptors (Lipinski definition) is 3. The van der Waals surface area contributed by atoms with Crippen LogP contribution >= 0.6 is 0 Å². The number of carbonyl (C=O) groups excluding carboxylic acids is 1. The van der Waals surface area contributed by atoms with E-state index in [0.717, 1.165) is 38.8 Å². The molecule has 1 saturated heterocycles. The highest BCUT2D eigenvalue weighted by atomic mass is 16.5. The van der Waals surface area contributed by atoms with Gasteiger partial charge in [-0.25, -0.2) is 0 Å². The molecule has 1 rings (SSSR count). The minimum Gasteiger partial charge on any atom is -0.379 e. The molecule has 1 fully saturated rings. The summed E-state index contributed by atoms with van der Waals surface area (Å²) in [6.45, 7) is 5.75. The van der Waals surface area contributed by atoms with E-state index in [0.29, 0.717) is 0 Å². The summed E-state index contributed by atoms with van der Waals surface area (Å²) in [7, 11) is 1.72. The Labute approximate surface area is 98.1 Å². The first kappa shape index (κ1) is 13.5. The van der Waals surface area contributed by atoms with Crippen LogP contribution in [-0.2, 0) is 9.53 Å². The van der Waals surface area contributed by atoms with Crippen LogP contribution in [-0.4, -0.2) is 37.7 Å². The third-order valence-corrected chi connectivity index (χ3v) is 3.21. The Hall–Kier alpha value is -0.610. The Bertz CT molecular complexity index is 229. The van der Waals surface area contributed by atoms with Gasteiger partial charge in [0.25, 0.3) is 0 Å². The zero-order chi connectivity index (χ0) is 12.0. The molecule has 0 aliphatic carbocycles. The summed E-state index contributed by atoms with van der Waals surface area (Å²) >= 11 is 0. The SMILES string of the molecule is COC(C)(C)CCNC1CCCCNC1=O. The van der Waals surface area contributed by atoms with E-state index in [1.807, 2.05) is 0 Å². The highest BCUT2D eigenvalue weighted by Gasteiger charge is 2.21. The second-order valence-electron chi connectivity index (χ2n) is 5.01. The number of nitrogens with one attached hydrogen (secondary N) is 2. The summed E-state index contributed by atoms with van der Waals surface area (Å²) in [6, 6.07) is -0.0184. The smallest absolute Gasteiger partial charge is 0.237 e. The average molecular weight is 228 g/mol. The van der Waals surface area contributed by atoms with Gasteiger partial charge in [-0.05, 0) is 46.1 Å². The van der Waals surface area contributed by atoms with Gasteiger partial charge in [0.1, 0.15) is 0 Å². The van der Waals surface area contributed by atoms with Gasteiger partial charge in [-0.2, -0.15) is 0 Å². The standard InChI is InChI=1S/C12H24N2O2/c1-12(2,16-3)7-9-13-10-6-4-5-8-14-11(10)15/h10,13H,4-9H2,1-3H3,(H,14,15). The van der Waals surface area contributed by atoms with Crippen molar-refractivity contribution in [2.45, 2.75) is 51.2 Å². The predicted octanol–water partition coefficient (Wildman–Crippen LogP) is 1.06. The maximum absolute atomic E-state index is 11.6. The molecule has 1 amide bonds. The normalized spacial score (nSPS) is 22.7. The van der Waals surface area contributed by atoms with Crippen molar-refractivity contribution in [2.75, 3.05) is 20.2 Å². The van der Waals surface area contributed by atoms with Crippen LogP contribution < -0.4 is 10.6 Å². The molecule has 0 aromatic carbocycles. The zero-order valence-electron chi connectivity index (χ0n) is 10.6. The number of rotatable bonds is 5. The van der Waals surface area contributed by atoms with Crippen LogP contribution in [0.4, 0.5) is 0 Å². The van der Waals surface area contributed by atoms with Gasteiger partial charge in [0.05, 0.1) is 11.6 Å². The molecule has 4 heteroatoms. The summed E-state index contributed by atoms with van der Waals surface area (Å²) in [4.78, 5) is 11.6. The molecule has 2 N–H and O–H groups in total. The molecule has 1 atom stereocenters. The minimum absolute atomic E-state index is 0.0184. The van der Waals surface area contributed by atoms with Crippen molar-refractivity contribution >= 4 is 5.91 Å². The van der Waals surface area contributed by atoms with E-state index in [4.69, 9.17) is 4.74 Å². The minimum atomic E-state index is -0.117. The Morgan fingerprint density at radius 3 is 2.94 bits per heavy atom. The van der Waals surface area contributed by atoms with Gasteiger partial charge in [-0.3, -0.25) is 4.79 Å². The first-order chi connectivity index (χ1) is 7.55. The molecule has 0 aromatic rings. The van der Waals surface area contributed by atoms with E-state index in [1.54, 1.807) is 7.11 Å². The molecule has 1 heterocycles. The zero-order valence-corrected chi connectivity index (χ0v) is 10.6. The van der Waals surface area contributed by atoms with Crippen LogP contribution in [0.1, 0.15) is 39.5 Å². The lowest BCUT2D eigenvalue weighted by Crippen LogP contribution is -2.44. The molecule has 0 bridgehead atoms. The van der Waals surface area contributed by atoms with E-state index >= 15 is 0 Å². The molecule has 16 heavy (non-hydrogen) atoms. The summed E-state index contributed by atoms with van der Waals surface area (Å²) in [5.74, 6) is 0.146. The van der Waals surface area contributed by atoms with E-state index in [2.05, 4.69) is 24.5 Å². The van der Waals surface area contributed by atoms with E-state index in [9.17, 15) is 4.79 Å². The number of hydrogen-bond donors (Lipinski definition) is 2. The van der Waals surface area contributed by atoms with Crippen molar-refractivity contribution in [1.29, 1.82) is 0 Å². The van der Waals surface area contributed by atoms with Crippen molar-refractivity contribution in [3.8, 4) is 0 Å². The van der Waals surface area contributed by atoms with Crippen LogP contribution in [0.2, 0.25) is 0 Å². The van der Waals surface area contributed by atoms with E-state index in [1.165, 1.54) is 0 Å². The van der Waals surface area contributed by atoms with Gasteiger partial charge >= 0.3 is 0 Å². The Morgan fingerprint density at radius 1 is 1.50 bits per heavy atom. The fourth-order valence-electron chi connectivity index (χ4n) is 1.78. The quantitative estimate of drug-likeness (QED) is 0.740. The number of ether oxygens (including phenoxy) is 1. The highest BCUT2D eigenvalue weighted by molar-refractivity contribution is 5.81. The fraction of sp³-hybridized carbons (Fsp3) is 0.917. The van der Waals surface area contributed by atoms with Gasteiger partial charge in [-0.15, -0.1) is 0 Å². The van der Waals surface area contributed by atoms with Crippen LogP contribution in [0.15, 0.2) is 0 Å². The molecule has 0 spiro atoms. The van der Waals surface area contributed by atoms with Gasteiger partial charge in [-0.1, -0.05) is 0 Å². The second kappa shape index (κ2) is 6.21. The molecular formula is C12H24N2O2. The second-order valence-corrected chi connectivity index (χ2v) is 5.01. The number of carbonyl (C=O) groups is 1. The molecule has 1 unspecified atom stereocenters. The molecule has 94 valence electrons. The first-order valence-electron chi connectivity index (χ1n) is 6.11. The molecule has 1 aliphatic rings. The van der Waals surface area contributed by atoms with Crippen molar-refractivity contribution in [3.05, 3.63) is 0 Å². The van der Waals surface area contributed by atoms with Gasteiger partial charge < -0.3 is 15.4 Å². The van der Waals surface area contributed by atoms with Crippen molar-refractivity contribution in [1.82, 2.24) is 10.6 Å². The lowest BCUT2D eigenvalue weighted by atomic mass is 10.0. The maximum atomic E-state index is 11.6. The van der Waals surface area contributed by atoms with Gasteiger partial charge in [0.2, 0.25) is 5.91 Å². The predicted molar refractivity (Wildman–Crippen MR) is 64.4 cm³/mol. The third-order valence-electron chi connectivity index (χ3n) is 3.21. The van der Waals surface area contributed by atoms with Crippen LogP contribution in [0.25, 0.3) is 0 Å². The molecule has 0 saturated carbocycles. The van der Waals surface area contributed by atoms with Crippen molar-refractivity contribution in [3.63, 3.8) is 0 Å². The van der Waals surface area contributed by atoms with Gasteiger partial charge in [0, 0.05) is 13.7 Å². The third kappa shape index (κ3) is 4.49. The summed E-state index contributed by atoms with van der Waals surface area (Å²) < 4.78 is 5.34. The number of amides is 1. The Balaban J connectivity index is 2.28. The summed E-state index contributed by atoms with van der Waals surface area (Å²) in [5.41, 5.74) is -0.117. The van der Waals surface area contributed by atoms with Crippen molar-refractivity contribution in [2.24, 2.45) is 0 Å². The Morgan fingerprint density at radius 2 is 2.25 bits per heavy atom. The number of methoxy groups -OCH3 is 1. The van der Waals surface area contributed by atoms with Crippen LogP contribution in [0.3, 0.4) is 0 Å². The topological polar surface area (TPSA) is 50.4 Å². The Kier molecular flexibility index (Phi) is 5.22. The lowest BCUT2D eigenvalue weighted by molar-refractivity contribution is -0.122. The highest BCUT2D eigenvalue weighted by Crippen LogP contribution is 2.12. The largest absolute Gasteiger partial charge is 0.379 e. The molecule has 0 radical (unpaired) electrons. The molecule has 1 aliphatic heterocycles. The van der Waals surface area contributed by atoms with Crippen molar-refractivity contribution < 1.29 is 9.53 Å². The van der Waals surface area contributed by atoms with E-state index < -0.39 is 0 Å². The molecular weight excluding hydrogens is 204 g/mol. The maximum Gasteiger partial charge on any atom is 0.237 e. The first-order valence-corrected chi connectivity index (χ1v) is 6.11. The summed E-state index contributed by atoms with van der Waals surface area (Å²) in [5, 5.41) is 6.23. The lowest BCUT2D eigenvalue weighted by Gasteiger charge is -2.24. The van der Waals surface area contributed by atoms with Gasteiger partial charge in [0.15, 0.2) is 0 Å². The van der Waals surface area contributed by atoms with E-state index in [-0.39, 0.29) is 17.6 Å². The fourth-order valence-corrected chi connectivity index (χ4v) is 1.78. The molecule has 0 aromatic heterocycles. The van der Waals surface area contributed by atoms with Crippen LogP contribution in [0, 0.1) is 0 Å². The molecule has 4 nitrogen and oxygen atoms in total. The van der Waals surface area contributed by atoms with Crippen LogP contribution in [0.5, 0.6) is 0 Å². The monoisotopic (exact) mass is 228 g/mol. The summed E-state index contributed by atoms with van der Waals surface area (Å²) in [6.07, 6.45) is 4.06.